The SMILES string of the molecule is COc1ccc(N2C(=O)CN(C(=O)C3CC(=O)N(Cc4ccccn4)C3)CC2(C)C)cc1. The highest BCUT2D eigenvalue weighted by atomic mass is 16.5. The molecule has 0 N–H and O–H groups in total. The Balaban J connectivity index is 1.44. The third-order valence-electron chi connectivity index (χ3n) is 6.04. The summed E-state index contributed by atoms with van der Waals surface area (Å²) in [6.07, 6.45) is 1.85. The molecule has 1 unspecified atom stereocenters. The van der Waals surface area contributed by atoms with Crippen molar-refractivity contribution in [1.82, 2.24) is 14.8 Å². The zero-order valence-electron chi connectivity index (χ0n) is 18.7. The largest absolute Gasteiger partial charge is 0.497 e. The van der Waals surface area contributed by atoms with Crippen molar-refractivity contribution < 1.29 is 19.1 Å². The van der Waals surface area contributed by atoms with Crippen LogP contribution in [0.1, 0.15) is 26.0 Å². The van der Waals surface area contributed by atoms with Gasteiger partial charge in [0.25, 0.3) is 0 Å². The summed E-state index contributed by atoms with van der Waals surface area (Å²) in [6, 6.07) is 12.9. The molecular formula is C24H28N4O4. The number of ether oxygens (including phenoxy) is 1. The molecule has 2 aromatic rings. The van der Waals surface area contributed by atoms with Crippen molar-refractivity contribution >= 4 is 23.4 Å². The van der Waals surface area contributed by atoms with Gasteiger partial charge in [0.15, 0.2) is 0 Å². The number of carbonyl (C=O) groups is 3. The first-order valence-corrected chi connectivity index (χ1v) is 10.7. The molecule has 2 saturated heterocycles. The number of benzene rings is 1. The fourth-order valence-electron chi connectivity index (χ4n) is 4.58. The van der Waals surface area contributed by atoms with Crippen molar-refractivity contribution in [2.75, 3.05) is 31.6 Å². The molecule has 0 spiro atoms. The standard InChI is InChI=1S/C24H28N4O4/c1-24(2)16-27(15-22(30)28(24)19-7-9-20(32-3)10-8-19)23(31)17-12-21(29)26(13-17)14-18-6-4-5-11-25-18/h4-11,17H,12-16H2,1-3H3. The number of rotatable bonds is 5. The van der Waals surface area contributed by atoms with Crippen LogP contribution in [-0.4, -0.2) is 64.8 Å². The van der Waals surface area contributed by atoms with E-state index in [1.807, 2.05) is 56.3 Å². The lowest BCUT2D eigenvalue weighted by atomic mass is 9.95. The number of likely N-dealkylation sites (tertiary alicyclic amines) is 1. The van der Waals surface area contributed by atoms with Crippen LogP contribution < -0.4 is 9.64 Å². The molecule has 2 fully saturated rings. The lowest BCUT2D eigenvalue weighted by molar-refractivity contribution is -0.142. The van der Waals surface area contributed by atoms with Gasteiger partial charge in [-0.15, -0.1) is 0 Å². The number of carbonyl (C=O) groups excluding carboxylic acids is 3. The molecule has 8 nitrogen and oxygen atoms in total. The Morgan fingerprint density at radius 2 is 1.88 bits per heavy atom. The van der Waals surface area contributed by atoms with Gasteiger partial charge < -0.3 is 19.4 Å². The minimum atomic E-state index is -0.587. The third-order valence-corrected chi connectivity index (χ3v) is 6.04. The molecule has 0 bridgehead atoms. The van der Waals surface area contributed by atoms with Gasteiger partial charge in [0.2, 0.25) is 17.7 Å². The molecule has 1 atom stereocenters. The van der Waals surface area contributed by atoms with E-state index in [1.54, 1.807) is 28.0 Å². The van der Waals surface area contributed by atoms with E-state index in [4.69, 9.17) is 4.74 Å². The number of aromatic nitrogens is 1. The van der Waals surface area contributed by atoms with E-state index < -0.39 is 11.5 Å². The normalized spacial score (nSPS) is 20.6. The van der Waals surface area contributed by atoms with Crippen molar-refractivity contribution in [3.05, 3.63) is 54.4 Å². The second kappa shape index (κ2) is 8.61. The van der Waals surface area contributed by atoms with E-state index in [-0.39, 0.29) is 30.7 Å². The fraction of sp³-hybridized carbons (Fsp3) is 0.417. The van der Waals surface area contributed by atoms with Crippen molar-refractivity contribution in [2.45, 2.75) is 32.4 Å². The predicted molar refractivity (Wildman–Crippen MR) is 119 cm³/mol. The summed E-state index contributed by atoms with van der Waals surface area (Å²) in [6.45, 7) is 5.03. The topological polar surface area (TPSA) is 83.0 Å². The van der Waals surface area contributed by atoms with Crippen LogP contribution in [0.3, 0.4) is 0 Å². The van der Waals surface area contributed by atoms with Gasteiger partial charge in [-0.25, -0.2) is 0 Å². The molecule has 2 aliphatic heterocycles. The number of hydrogen-bond donors (Lipinski definition) is 0. The van der Waals surface area contributed by atoms with Crippen molar-refractivity contribution in [1.29, 1.82) is 0 Å². The summed E-state index contributed by atoms with van der Waals surface area (Å²) >= 11 is 0. The molecule has 0 saturated carbocycles. The van der Waals surface area contributed by atoms with E-state index >= 15 is 0 Å². The molecule has 0 radical (unpaired) electrons. The molecule has 0 aliphatic carbocycles. The van der Waals surface area contributed by atoms with Gasteiger partial charge >= 0.3 is 0 Å². The van der Waals surface area contributed by atoms with Crippen LogP contribution in [0.25, 0.3) is 0 Å². The highest BCUT2D eigenvalue weighted by Crippen LogP contribution is 2.31. The summed E-state index contributed by atoms with van der Waals surface area (Å²) in [5, 5.41) is 0. The zero-order valence-corrected chi connectivity index (χ0v) is 18.7. The molecule has 4 rings (SSSR count). The van der Waals surface area contributed by atoms with Gasteiger partial charge in [0.1, 0.15) is 12.3 Å². The molecule has 168 valence electrons. The Labute approximate surface area is 187 Å². The van der Waals surface area contributed by atoms with Gasteiger partial charge in [-0.05, 0) is 50.2 Å². The van der Waals surface area contributed by atoms with Gasteiger partial charge in [0.05, 0.1) is 30.8 Å². The predicted octanol–water partition coefficient (Wildman–Crippen LogP) is 2.09. The minimum absolute atomic E-state index is 0.000770. The maximum absolute atomic E-state index is 13.2. The van der Waals surface area contributed by atoms with Crippen LogP contribution in [0.2, 0.25) is 0 Å². The number of methoxy groups -OCH3 is 1. The molecule has 8 heteroatoms. The first kappa shape index (κ1) is 21.8. The highest BCUT2D eigenvalue weighted by molar-refractivity contribution is 6.00. The van der Waals surface area contributed by atoms with Gasteiger partial charge in [0, 0.05) is 31.4 Å². The Bertz CT molecular complexity index is 1010. The smallest absolute Gasteiger partial charge is 0.247 e. The van der Waals surface area contributed by atoms with Crippen LogP contribution in [-0.2, 0) is 20.9 Å². The van der Waals surface area contributed by atoms with E-state index in [0.717, 1.165) is 11.4 Å². The first-order valence-electron chi connectivity index (χ1n) is 10.7. The minimum Gasteiger partial charge on any atom is -0.497 e. The summed E-state index contributed by atoms with van der Waals surface area (Å²) in [4.78, 5) is 48.1. The number of hydrogen-bond acceptors (Lipinski definition) is 5. The Hall–Kier alpha value is -3.42. The number of nitrogens with zero attached hydrogens (tertiary/aromatic N) is 4. The van der Waals surface area contributed by atoms with Crippen molar-refractivity contribution in [3.63, 3.8) is 0 Å². The molecular weight excluding hydrogens is 408 g/mol. The van der Waals surface area contributed by atoms with Crippen LogP contribution in [0.5, 0.6) is 5.75 Å². The zero-order chi connectivity index (χ0) is 22.9. The molecule has 3 heterocycles. The van der Waals surface area contributed by atoms with E-state index in [1.165, 1.54) is 0 Å². The maximum atomic E-state index is 13.2. The quantitative estimate of drug-likeness (QED) is 0.717. The highest BCUT2D eigenvalue weighted by Gasteiger charge is 2.44. The Morgan fingerprint density at radius 3 is 2.50 bits per heavy atom. The monoisotopic (exact) mass is 436 g/mol. The molecule has 2 aliphatic rings. The van der Waals surface area contributed by atoms with Gasteiger partial charge in [-0.2, -0.15) is 0 Å². The number of anilines is 1. The molecule has 1 aromatic carbocycles. The molecule has 1 aromatic heterocycles. The first-order chi connectivity index (χ1) is 15.3. The van der Waals surface area contributed by atoms with Crippen LogP contribution in [0.15, 0.2) is 48.7 Å². The van der Waals surface area contributed by atoms with E-state index in [9.17, 15) is 14.4 Å². The Kier molecular flexibility index (Phi) is 5.86. The summed E-state index contributed by atoms with van der Waals surface area (Å²) in [5.41, 5.74) is 0.972. The van der Waals surface area contributed by atoms with E-state index in [2.05, 4.69) is 4.98 Å². The molecule has 3 amide bonds. The van der Waals surface area contributed by atoms with Crippen molar-refractivity contribution in [2.24, 2.45) is 5.92 Å². The lowest BCUT2D eigenvalue weighted by Gasteiger charge is -2.47. The van der Waals surface area contributed by atoms with Crippen LogP contribution in [0, 0.1) is 5.92 Å². The number of amides is 3. The second-order valence-corrected chi connectivity index (χ2v) is 8.93. The maximum Gasteiger partial charge on any atom is 0.247 e. The lowest BCUT2D eigenvalue weighted by Crippen LogP contribution is -2.64. The average molecular weight is 437 g/mol. The Morgan fingerprint density at radius 1 is 1.12 bits per heavy atom. The van der Waals surface area contributed by atoms with Crippen LogP contribution >= 0.6 is 0 Å². The van der Waals surface area contributed by atoms with Gasteiger partial charge in [-0.3, -0.25) is 19.4 Å². The second-order valence-electron chi connectivity index (χ2n) is 8.93. The van der Waals surface area contributed by atoms with Crippen LogP contribution in [0.4, 0.5) is 5.69 Å². The summed E-state index contributed by atoms with van der Waals surface area (Å²) < 4.78 is 5.20. The van der Waals surface area contributed by atoms with Gasteiger partial charge in [-0.1, -0.05) is 6.07 Å². The third kappa shape index (κ3) is 4.30. The molecule has 32 heavy (non-hydrogen) atoms. The van der Waals surface area contributed by atoms with Crippen molar-refractivity contribution in [3.8, 4) is 5.75 Å². The van der Waals surface area contributed by atoms with E-state index in [0.29, 0.717) is 25.4 Å². The number of pyridine rings is 1. The summed E-state index contributed by atoms with van der Waals surface area (Å²) in [7, 11) is 1.60. The average Bonchev–Trinajstić information content (AvgIpc) is 3.13. The summed E-state index contributed by atoms with van der Waals surface area (Å²) in [5.74, 6) is -0.0695. The fourth-order valence-corrected chi connectivity index (χ4v) is 4.58. The number of piperazine rings is 1.